The van der Waals surface area contributed by atoms with Gasteiger partial charge in [0.2, 0.25) is 0 Å². The fraction of sp³-hybridized carbons (Fsp3) is 0.538. The molecule has 0 saturated carbocycles. The maximum atomic E-state index is 8.93. The van der Waals surface area contributed by atoms with Gasteiger partial charge in [-0.1, -0.05) is 42.2 Å². The van der Waals surface area contributed by atoms with E-state index >= 15 is 0 Å². The summed E-state index contributed by atoms with van der Waals surface area (Å²) in [4.78, 5) is 0. The molecule has 100 valence electrons. The Balaban J connectivity index is 2.49. The molecule has 18 heavy (non-hydrogen) atoms. The van der Waals surface area contributed by atoms with Crippen LogP contribution in [-0.4, -0.2) is 32.2 Å². The topological polar surface area (TPSA) is 44.3 Å². The average molecular weight is 266 g/mol. The largest absolute Gasteiger partial charge is 0.397 e. The van der Waals surface area contributed by atoms with Crippen molar-refractivity contribution in [3.8, 4) is 0 Å². The normalized spacial score (nSPS) is 13.1. The van der Waals surface area contributed by atoms with E-state index in [-0.39, 0.29) is 6.61 Å². The van der Waals surface area contributed by atoms with Crippen LogP contribution in [0.15, 0.2) is 24.3 Å². The lowest BCUT2D eigenvalue weighted by Gasteiger charge is -2.15. The smallest absolute Gasteiger partial charge is 0.160 e. The van der Waals surface area contributed by atoms with E-state index < -0.39 is 0 Å². The molecule has 0 amide bonds. The van der Waals surface area contributed by atoms with Crippen molar-refractivity contribution in [3.05, 3.63) is 29.8 Å². The molecule has 1 aromatic rings. The lowest BCUT2D eigenvalue weighted by Crippen LogP contribution is -2.31. The summed E-state index contributed by atoms with van der Waals surface area (Å²) in [7, 11) is 1.71. The summed E-state index contributed by atoms with van der Waals surface area (Å²) in [6.45, 7) is 5.63. The molecule has 1 rings (SSSR count). The fourth-order valence-corrected chi connectivity index (χ4v) is 2.31. The minimum atomic E-state index is 0.271. The SMILES string of the molecule is CPNNCC(C)Cc1ccccc1BCCO. The summed E-state index contributed by atoms with van der Waals surface area (Å²) in [5.41, 5.74) is 6.03. The van der Waals surface area contributed by atoms with Crippen LogP contribution in [0.5, 0.6) is 0 Å². The third-order valence-electron chi connectivity index (χ3n) is 2.95. The third kappa shape index (κ3) is 5.97. The summed E-state index contributed by atoms with van der Waals surface area (Å²) in [6.07, 6.45) is 1.94. The van der Waals surface area contributed by atoms with Gasteiger partial charge in [0.15, 0.2) is 7.28 Å². The van der Waals surface area contributed by atoms with Gasteiger partial charge in [-0.05, 0) is 34.1 Å². The second-order valence-electron chi connectivity index (χ2n) is 4.66. The lowest BCUT2D eigenvalue weighted by atomic mass is 9.65. The minimum absolute atomic E-state index is 0.271. The van der Waals surface area contributed by atoms with E-state index in [0.717, 1.165) is 35.3 Å². The molecule has 0 aromatic heterocycles. The molecule has 1 aromatic carbocycles. The molecular formula is C13H24BN2OP. The number of benzene rings is 1. The quantitative estimate of drug-likeness (QED) is 0.266. The van der Waals surface area contributed by atoms with Crippen LogP contribution in [0.4, 0.5) is 0 Å². The first kappa shape index (κ1) is 15.7. The van der Waals surface area contributed by atoms with E-state index in [1.165, 1.54) is 11.0 Å². The fourth-order valence-electron chi connectivity index (χ4n) is 2.03. The standard InChI is InChI=1S/C13H24BN2OP/c1-11(10-15-16-18-2)9-12-5-3-4-6-13(12)14-7-8-17/h3-6,11,14-18H,7-10H2,1-2H3. The molecule has 0 aliphatic heterocycles. The number of aliphatic hydroxyl groups excluding tert-OH is 1. The Morgan fingerprint density at radius 2 is 2.17 bits per heavy atom. The second-order valence-corrected chi connectivity index (χ2v) is 5.41. The predicted molar refractivity (Wildman–Crippen MR) is 83.4 cm³/mol. The summed E-state index contributed by atoms with van der Waals surface area (Å²) < 4.78 is 0. The molecule has 2 atom stereocenters. The Bertz CT molecular complexity index is 339. The Morgan fingerprint density at radius 1 is 1.39 bits per heavy atom. The van der Waals surface area contributed by atoms with E-state index in [2.05, 4.69) is 48.5 Å². The Kier molecular flexibility index (Phi) is 8.27. The Hall–Kier alpha value is -0.405. The van der Waals surface area contributed by atoms with E-state index in [1.807, 2.05) is 0 Å². The monoisotopic (exact) mass is 266 g/mol. The highest BCUT2D eigenvalue weighted by Crippen LogP contribution is 2.06. The van der Waals surface area contributed by atoms with Gasteiger partial charge in [-0.25, -0.2) is 5.20 Å². The Labute approximate surface area is 113 Å². The van der Waals surface area contributed by atoms with Gasteiger partial charge >= 0.3 is 0 Å². The van der Waals surface area contributed by atoms with Gasteiger partial charge in [0.25, 0.3) is 0 Å². The molecule has 0 fully saturated rings. The van der Waals surface area contributed by atoms with Crippen LogP contribution < -0.4 is 16.1 Å². The molecular weight excluding hydrogens is 242 g/mol. The first-order chi connectivity index (χ1) is 8.77. The van der Waals surface area contributed by atoms with Crippen molar-refractivity contribution >= 4 is 21.5 Å². The highest BCUT2D eigenvalue weighted by molar-refractivity contribution is 7.34. The first-order valence-electron chi connectivity index (χ1n) is 6.60. The Morgan fingerprint density at radius 3 is 2.89 bits per heavy atom. The van der Waals surface area contributed by atoms with Crippen LogP contribution in [0.1, 0.15) is 12.5 Å². The molecule has 3 nitrogen and oxygen atoms in total. The number of hydrazine groups is 1. The maximum Gasteiger partial charge on any atom is 0.160 e. The molecule has 5 heteroatoms. The summed E-state index contributed by atoms with van der Waals surface area (Å²) >= 11 is 0. The average Bonchev–Trinajstić information content (AvgIpc) is 2.38. The number of hydrogen-bond acceptors (Lipinski definition) is 3. The van der Waals surface area contributed by atoms with E-state index in [0.29, 0.717) is 5.92 Å². The highest BCUT2D eigenvalue weighted by atomic mass is 31.1. The predicted octanol–water partition coefficient (Wildman–Crippen LogP) is 0.655. The van der Waals surface area contributed by atoms with Crippen LogP contribution in [0.3, 0.4) is 0 Å². The number of hydrogen-bond donors (Lipinski definition) is 3. The van der Waals surface area contributed by atoms with Crippen molar-refractivity contribution in [1.29, 1.82) is 0 Å². The molecule has 3 N–H and O–H groups in total. The van der Waals surface area contributed by atoms with E-state index in [9.17, 15) is 0 Å². The minimum Gasteiger partial charge on any atom is -0.397 e. The lowest BCUT2D eigenvalue weighted by molar-refractivity contribution is 0.318. The highest BCUT2D eigenvalue weighted by Gasteiger charge is 2.07. The van der Waals surface area contributed by atoms with Crippen molar-refractivity contribution in [2.45, 2.75) is 19.7 Å². The molecule has 0 aliphatic carbocycles. The van der Waals surface area contributed by atoms with E-state index in [1.54, 1.807) is 0 Å². The van der Waals surface area contributed by atoms with Crippen molar-refractivity contribution in [3.63, 3.8) is 0 Å². The second kappa shape index (κ2) is 9.52. The van der Waals surface area contributed by atoms with Crippen LogP contribution >= 0.6 is 8.73 Å². The van der Waals surface area contributed by atoms with Gasteiger partial charge in [-0.3, -0.25) is 5.43 Å². The van der Waals surface area contributed by atoms with Crippen LogP contribution in [0.25, 0.3) is 0 Å². The van der Waals surface area contributed by atoms with Crippen LogP contribution in [0.2, 0.25) is 6.32 Å². The van der Waals surface area contributed by atoms with Gasteiger partial charge in [0.05, 0.1) is 0 Å². The summed E-state index contributed by atoms with van der Waals surface area (Å²) in [6, 6.07) is 8.57. The zero-order chi connectivity index (χ0) is 13.2. The van der Waals surface area contributed by atoms with Crippen LogP contribution in [-0.2, 0) is 6.42 Å². The van der Waals surface area contributed by atoms with Gasteiger partial charge in [0.1, 0.15) is 0 Å². The van der Waals surface area contributed by atoms with Gasteiger partial charge in [-0.15, -0.1) is 0 Å². The van der Waals surface area contributed by atoms with Gasteiger partial charge in [0, 0.05) is 13.2 Å². The van der Waals surface area contributed by atoms with Crippen molar-refractivity contribution < 1.29 is 5.11 Å². The van der Waals surface area contributed by atoms with Crippen molar-refractivity contribution in [2.24, 2.45) is 5.92 Å². The number of rotatable bonds is 9. The van der Waals surface area contributed by atoms with Crippen molar-refractivity contribution in [2.75, 3.05) is 19.8 Å². The van der Waals surface area contributed by atoms with Gasteiger partial charge < -0.3 is 5.11 Å². The molecule has 2 unspecified atom stereocenters. The third-order valence-corrected chi connectivity index (χ3v) is 3.38. The van der Waals surface area contributed by atoms with Crippen LogP contribution in [0, 0.1) is 5.92 Å². The van der Waals surface area contributed by atoms with E-state index in [4.69, 9.17) is 5.11 Å². The van der Waals surface area contributed by atoms with Gasteiger partial charge in [-0.2, -0.15) is 0 Å². The zero-order valence-corrected chi connectivity index (χ0v) is 12.4. The summed E-state index contributed by atoms with van der Waals surface area (Å²) in [5, 5.41) is 12.1. The summed E-state index contributed by atoms with van der Waals surface area (Å²) in [5.74, 6) is 0.601. The molecule has 0 spiro atoms. The zero-order valence-electron chi connectivity index (χ0n) is 11.4. The molecule has 0 heterocycles. The number of nitrogens with one attached hydrogen (secondary N) is 2. The molecule has 0 bridgehead atoms. The molecule has 0 saturated heterocycles. The first-order valence-corrected chi connectivity index (χ1v) is 8.10. The number of aliphatic hydroxyl groups is 1. The molecule has 0 radical (unpaired) electrons. The van der Waals surface area contributed by atoms with Crippen molar-refractivity contribution in [1.82, 2.24) is 10.6 Å². The maximum absolute atomic E-state index is 8.93. The molecule has 0 aliphatic rings.